The molecule has 1 aromatic heterocycles. The molecule has 0 bridgehead atoms. The van der Waals surface area contributed by atoms with E-state index in [1.54, 1.807) is 6.92 Å². The van der Waals surface area contributed by atoms with Gasteiger partial charge in [0.25, 0.3) is 5.56 Å². The largest absolute Gasteiger partial charge is 0.376 e. The fourth-order valence-electron chi connectivity index (χ4n) is 2.66. The Morgan fingerprint density at radius 2 is 2.21 bits per heavy atom. The number of hydrogen-bond acceptors (Lipinski definition) is 3. The molecule has 100 valence electrons. The van der Waals surface area contributed by atoms with E-state index in [-0.39, 0.29) is 11.7 Å². The summed E-state index contributed by atoms with van der Waals surface area (Å²) in [7, 11) is 0. The molecule has 0 N–H and O–H groups in total. The van der Waals surface area contributed by atoms with Gasteiger partial charge in [-0.3, -0.25) is 4.79 Å². The van der Waals surface area contributed by atoms with Gasteiger partial charge in [-0.2, -0.15) is 0 Å². The Labute approximate surface area is 112 Å². The molecule has 0 saturated carbocycles. The van der Waals surface area contributed by atoms with Gasteiger partial charge in [0.15, 0.2) is 0 Å². The third kappa shape index (κ3) is 2.40. The minimum absolute atomic E-state index is 0.00660. The summed E-state index contributed by atoms with van der Waals surface area (Å²) >= 11 is 0. The molecular formula is C15H18N2O2. The van der Waals surface area contributed by atoms with Crippen LogP contribution in [0.4, 0.5) is 0 Å². The van der Waals surface area contributed by atoms with E-state index in [0.29, 0.717) is 12.2 Å². The van der Waals surface area contributed by atoms with Crippen LogP contribution >= 0.6 is 0 Å². The molecule has 2 aromatic rings. The van der Waals surface area contributed by atoms with Crippen molar-refractivity contribution in [3.05, 3.63) is 40.3 Å². The number of benzene rings is 1. The molecule has 0 aliphatic carbocycles. The zero-order valence-corrected chi connectivity index (χ0v) is 11.1. The first-order chi connectivity index (χ1) is 9.25. The van der Waals surface area contributed by atoms with E-state index in [1.807, 2.05) is 28.8 Å². The first kappa shape index (κ1) is 12.4. The molecule has 0 amide bonds. The third-order valence-corrected chi connectivity index (χ3v) is 3.68. The third-order valence-electron chi connectivity index (χ3n) is 3.68. The van der Waals surface area contributed by atoms with Crippen LogP contribution in [0.5, 0.6) is 0 Å². The molecule has 2 heterocycles. The topological polar surface area (TPSA) is 44.1 Å². The molecule has 1 aliphatic rings. The van der Waals surface area contributed by atoms with Crippen LogP contribution in [-0.4, -0.2) is 22.3 Å². The number of fused-ring (bicyclic) bond motifs is 1. The lowest BCUT2D eigenvalue weighted by Gasteiger charge is -2.24. The molecule has 1 atom stereocenters. The van der Waals surface area contributed by atoms with E-state index >= 15 is 0 Å². The van der Waals surface area contributed by atoms with Gasteiger partial charge in [0.1, 0.15) is 5.69 Å². The smallest absolute Gasteiger partial charge is 0.272 e. The number of rotatable bonds is 2. The lowest BCUT2D eigenvalue weighted by atomic mass is 10.1. The molecule has 19 heavy (non-hydrogen) atoms. The first-order valence-electron chi connectivity index (χ1n) is 6.83. The summed E-state index contributed by atoms with van der Waals surface area (Å²) in [6, 6.07) is 7.78. The molecule has 1 unspecified atom stereocenters. The Bertz CT molecular complexity index is 642. The zero-order chi connectivity index (χ0) is 13.2. The Balaban J connectivity index is 2.05. The normalized spacial score (nSPS) is 19.7. The van der Waals surface area contributed by atoms with Crippen LogP contribution in [-0.2, 0) is 11.3 Å². The van der Waals surface area contributed by atoms with Crippen molar-refractivity contribution in [1.29, 1.82) is 0 Å². The summed E-state index contributed by atoms with van der Waals surface area (Å²) in [6.45, 7) is 3.21. The highest BCUT2D eigenvalue weighted by molar-refractivity contribution is 5.74. The minimum Gasteiger partial charge on any atom is -0.376 e. The Morgan fingerprint density at radius 1 is 1.37 bits per heavy atom. The number of aromatic nitrogens is 2. The molecular weight excluding hydrogens is 240 g/mol. The van der Waals surface area contributed by atoms with Crippen molar-refractivity contribution in [3.63, 3.8) is 0 Å². The van der Waals surface area contributed by atoms with Crippen molar-refractivity contribution in [1.82, 2.24) is 9.55 Å². The number of para-hydroxylation sites is 2. The zero-order valence-electron chi connectivity index (χ0n) is 11.1. The first-order valence-corrected chi connectivity index (χ1v) is 6.83. The highest BCUT2D eigenvalue weighted by Gasteiger charge is 2.17. The maximum Gasteiger partial charge on any atom is 0.272 e. The van der Waals surface area contributed by atoms with Gasteiger partial charge < -0.3 is 9.30 Å². The van der Waals surface area contributed by atoms with Crippen LogP contribution in [0.15, 0.2) is 29.1 Å². The standard InChI is InChI=1S/C15H18N2O2/c1-11-15(18)17(10-12-6-4-5-9-19-12)14-8-3-2-7-13(14)16-11/h2-3,7-8,12H,4-6,9-10H2,1H3. The number of nitrogens with zero attached hydrogens (tertiary/aromatic N) is 2. The summed E-state index contributed by atoms with van der Waals surface area (Å²) in [5.41, 5.74) is 2.31. The average molecular weight is 258 g/mol. The summed E-state index contributed by atoms with van der Waals surface area (Å²) in [6.07, 6.45) is 3.49. The molecule has 0 radical (unpaired) electrons. The SMILES string of the molecule is Cc1nc2ccccc2n(CC2CCCCO2)c1=O. The van der Waals surface area contributed by atoms with E-state index < -0.39 is 0 Å². The van der Waals surface area contributed by atoms with E-state index in [2.05, 4.69) is 4.98 Å². The monoisotopic (exact) mass is 258 g/mol. The van der Waals surface area contributed by atoms with Gasteiger partial charge in [-0.15, -0.1) is 0 Å². The molecule has 3 rings (SSSR count). The average Bonchev–Trinajstić information content (AvgIpc) is 2.45. The Kier molecular flexibility index (Phi) is 3.34. The van der Waals surface area contributed by atoms with Crippen LogP contribution in [0.25, 0.3) is 11.0 Å². The minimum atomic E-state index is -0.00660. The van der Waals surface area contributed by atoms with Gasteiger partial charge in [-0.25, -0.2) is 4.98 Å². The lowest BCUT2D eigenvalue weighted by molar-refractivity contribution is 0.00610. The number of hydrogen-bond donors (Lipinski definition) is 0. The Morgan fingerprint density at radius 3 is 3.00 bits per heavy atom. The van der Waals surface area contributed by atoms with Crippen molar-refractivity contribution in [2.75, 3.05) is 6.61 Å². The molecule has 1 aliphatic heterocycles. The van der Waals surface area contributed by atoms with Crippen LogP contribution in [0.1, 0.15) is 25.0 Å². The molecule has 4 heteroatoms. The van der Waals surface area contributed by atoms with Gasteiger partial charge in [-0.1, -0.05) is 12.1 Å². The second kappa shape index (κ2) is 5.13. The lowest BCUT2D eigenvalue weighted by Crippen LogP contribution is -2.32. The predicted octanol–water partition coefficient (Wildman–Crippen LogP) is 2.27. The Hall–Kier alpha value is -1.68. The summed E-state index contributed by atoms with van der Waals surface area (Å²) in [5, 5.41) is 0. The molecule has 1 aromatic carbocycles. The molecule has 0 spiro atoms. The van der Waals surface area contributed by atoms with Crippen molar-refractivity contribution in [2.24, 2.45) is 0 Å². The van der Waals surface area contributed by atoms with Crippen molar-refractivity contribution < 1.29 is 4.74 Å². The number of ether oxygens (including phenoxy) is 1. The quantitative estimate of drug-likeness (QED) is 0.830. The summed E-state index contributed by atoms with van der Waals surface area (Å²) in [5.74, 6) is 0. The summed E-state index contributed by atoms with van der Waals surface area (Å²) < 4.78 is 7.56. The van der Waals surface area contributed by atoms with E-state index in [0.717, 1.165) is 30.5 Å². The van der Waals surface area contributed by atoms with E-state index in [9.17, 15) is 4.79 Å². The second-order valence-corrected chi connectivity index (χ2v) is 5.09. The second-order valence-electron chi connectivity index (χ2n) is 5.09. The maximum atomic E-state index is 12.3. The molecule has 1 fully saturated rings. The van der Waals surface area contributed by atoms with Crippen molar-refractivity contribution in [2.45, 2.75) is 38.8 Å². The summed E-state index contributed by atoms with van der Waals surface area (Å²) in [4.78, 5) is 16.7. The van der Waals surface area contributed by atoms with Crippen molar-refractivity contribution >= 4 is 11.0 Å². The predicted molar refractivity (Wildman–Crippen MR) is 74.3 cm³/mol. The van der Waals surface area contributed by atoms with Gasteiger partial charge in [-0.05, 0) is 38.3 Å². The van der Waals surface area contributed by atoms with E-state index in [1.165, 1.54) is 6.42 Å². The molecule has 1 saturated heterocycles. The fourth-order valence-corrected chi connectivity index (χ4v) is 2.66. The fraction of sp³-hybridized carbons (Fsp3) is 0.467. The van der Waals surface area contributed by atoms with E-state index in [4.69, 9.17) is 4.74 Å². The van der Waals surface area contributed by atoms with Gasteiger partial charge in [0.05, 0.1) is 23.7 Å². The van der Waals surface area contributed by atoms with Gasteiger partial charge in [0.2, 0.25) is 0 Å². The highest BCUT2D eigenvalue weighted by atomic mass is 16.5. The van der Waals surface area contributed by atoms with Crippen LogP contribution in [0.2, 0.25) is 0 Å². The van der Waals surface area contributed by atoms with Crippen LogP contribution in [0, 0.1) is 6.92 Å². The number of aryl methyl sites for hydroxylation is 1. The van der Waals surface area contributed by atoms with Crippen molar-refractivity contribution in [3.8, 4) is 0 Å². The maximum absolute atomic E-state index is 12.3. The van der Waals surface area contributed by atoms with Gasteiger partial charge in [0, 0.05) is 6.61 Å². The van der Waals surface area contributed by atoms with Crippen LogP contribution in [0.3, 0.4) is 0 Å². The molecule has 4 nitrogen and oxygen atoms in total. The highest BCUT2D eigenvalue weighted by Crippen LogP contribution is 2.16. The van der Waals surface area contributed by atoms with Gasteiger partial charge >= 0.3 is 0 Å². The van der Waals surface area contributed by atoms with Crippen LogP contribution < -0.4 is 5.56 Å².